The summed E-state index contributed by atoms with van der Waals surface area (Å²) in [5, 5.41) is 11.2. The number of β-amino-alcohol motifs (C(OH)–C–C–N with tert-alkyl or cyclic N) is 1. The Hall–Kier alpha value is -2.09. The maximum Gasteiger partial charge on any atom is 0.165 e. The van der Waals surface area contributed by atoms with Crippen LogP contribution in [0, 0.1) is 11.7 Å². The molecule has 0 saturated carbocycles. The van der Waals surface area contributed by atoms with Gasteiger partial charge in [0.2, 0.25) is 0 Å². The van der Waals surface area contributed by atoms with Crippen LogP contribution in [-0.2, 0) is 4.74 Å². The summed E-state index contributed by atoms with van der Waals surface area (Å²) in [6.45, 7) is 3.82. The van der Waals surface area contributed by atoms with Gasteiger partial charge < -0.3 is 20.5 Å². The quantitative estimate of drug-likeness (QED) is 0.557. The van der Waals surface area contributed by atoms with Crippen molar-refractivity contribution in [1.29, 1.82) is 0 Å². The van der Waals surface area contributed by atoms with Crippen LogP contribution in [0.15, 0.2) is 24.4 Å². The molecule has 0 radical (unpaired) electrons. The highest BCUT2D eigenvalue weighted by atomic mass is 19.1. The maximum atomic E-state index is 14.2. The van der Waals surface area contributed by atoms with Gasteiger partial charge in [-0.2, -0.15) is 0 Å². The van der Waals surface area contributed by atoms with E-state index in [-0.39, 0.29) is 11.5 Å². The molecule has 162 valence electrons. The number of carbonyl (C=O) groups is 1. The predicted molar refractivity (Wildman–Crippen MR) is 114 cm³/mol. The first kappa shape index (κ1) is 21.2. The van der Waals surface area contributed by atoms with E-state index in [0.29, 0.717) is 61.4 Å². The Bertz CT molecular complexity index is 906. The molecule has 0 bridgehead atoms. The summed E-state index contributed by atoms with van der Waals surface area (Å²) < 4.78 is 19.5. The summed E-state index contributed by atoms with van der Waals surface area (Å²) in [5.41, 5.74) is 6.01. The van der Waals surface area contributed by atoms with Gasteiger partial charge >= 0.3 is 0 Å². The number of hydrogen-bond donors (Lipinski definition) is 2. The van der Waals surface area contributed by atoms with E-state index < -0.39 is 11.4 Å². The number of piperidine rings is 1. The molecule has 3 heterocycles. The van der Waals surface area contributed by atoms with E-state index in [1.165, 1.54) is 6.07 Å². The molecule has 0 unspecified atom stereocenters. The SMILES string of the molecule is Nc1c(F)cc(C(=O)CCC2CCN(CC3(O)CCOCC3)CC2)c2ncccc12. The number of ketones is 1. The summed E-state index contributed by atoms with van der Waals surface area (Å²) in [7, 11) is 0. The largest absolute Gasteiger partial charge is 0.396 e. The van der Waals surface area contributed by atoms with Gasteiger partial charge in [0.25, 0.3) is 0 Å². The molecule has 7 heteroatoms. The van der Waals surface area contributed by atoms with Crippen LogP contribution in [0.5, 0.6) is 0 Å². The van der Waals surface area contributed by atoms with Crippen molar-refractivity contribution in [3.8, 4) is 0 Å². The van der Waals surface area contributed by atoms with Crippen LogP contribution in [0.1, 0.15) is 48.9 Å². The third-order valence-corrected chi connectivity index (χ3v) is 6.61. The number of fused-ring (bicyclic) bond motifs is 1. The number of anilines is 1. The average Bonchev–Trinajstić information content (AvgIpc) is 2.76. The van der Waals surface area contributed by atoms with Gasteiger partial charge in [0.15, 0.2) is 5.78 Å². The third-order valence-electron chi connectivity index (χ3n) is 6.61. The molecular formula is C23H30FN3O3. The van der Waals surface area contributed by atoms with Crippen molar-refractivity contribution in [2.24, 2.45) is 5.92 Å². The number of rotatable bonds is 6. The molecule has 6 nitrogen and oxygen atoms in total. The van der Waals surface area contributed by atoms with Gasteiger partial charge in [-0.15, -0.1) is 0 Å². The zero-order chi connectivity index (χ0) is 21.1. The Morgan fingerprint density at radius 2 is 2.07 bits per heavy atom. The normalized spacial score (nSPS) is 20.5. The lowest BCUT2D eigenvalue weighted by atomic mass is 9.88. The molecule has 1 aromatic carbocycles. The number of carbonyl (C=O) groups excluding carboxylic acids is 1. The number of nitrogens with two attached hydrogens (primary N) is 1. The van der Waals surface area contributed by atoms with E-state index in [1.54, 1.807) is 18.3 Å². The molecule has 30 heavy (non-hydrogen) atoms. The van der Waals surface area contributed by atoms with E-state index >= 15 is 0 Å². The van der Waals surface area contributed by atoms with Gasteiger partial charge in [0, 0.05) is 56.2 Å². The van der Waals surface area contributed by atoms with Crippen LogP contribution in [0.2, 0.25) is 0 Å². The topological polar surface area (TPSA) is 88.7 Å². The monoisotopic (exact) mass is 415 g/mol. The Morgan fingerprint density at radius 3 is 2.80 bits per heavy atom. The summed E-state index contributed by atoms with van der Waals surface area (Å²) in [5.74, 6) is -0.192. The highest BCUT2D eigenvalue weighted by Gasteiger charge is 2.33. The molecule has 2 aromatic rings. The molecule has 2 saturated heterocycles. The molecule has 2 fully saturated rings. The molecule has 4 rings (SSSR count). The van der Waals surface area contributed by atoms with Crippen molar-refractivity contribution in [2.75, 3.05) is 38.6 Å². The van der Waals surface area contributed by atoms with E-state index in [1.807, 2.05) is 0 Å². The van der Waals surface area contributed by atoms with Gasteiger partial charge in [-0.3, -0.25) is 9.78 Å². The van der Waals surface area contributed by atoms with Crippen LogP contribution in [0.4, 0.5) is 10.1 Å². The van der Waals surface area contributed by atoms with Gasteiger partial charge in [-0.05, 0) is 56.5 Å². The number of aliphatic hydroxyl groups is 1. The van der Waals surface area contributed by atoms with E-state index in [4.69, 9.17) is 10.5 Å². The smallest absolute Gasteiger partial charge is 0.165 e. The number of benzene rings is 1. The number of halogens is 1. The molecule has 2 aliphatic heterocycles. The highest BCUT2D eigenvalue weighted by molar-refractivity contribution is 6.09. The number of nitrogen functional groups attached to an aromatic ring is 1. The van der Waals surface area contributed by atoms with Crippen molar-refractivity contribution in [2.45, 2.75) is 44.1 Å². The Kier molecular flexibility index (Phi) is 6.32. The van der Waals surface area contributed by atoms with Gasteiger partial charge in [0.1, 0.15) is 5.82 Å². The zero-order valence-corrected chi connectivity index (χ0v) is 17.3. The molecule has 0 spiro atoms. The Morgan fingerprint density at radius 1 is 1.33 bits per heavy atom. The highest BCUT2D eigenvalue weighted by Crippen LogP contribution is 2.30. The summed E-state index contributed by atoms with van der Waals surface area (Å²) >= 11 is 0. The molecular weight excluding hydrogens is 385 g/mol. The van der Waals surface area contributed by atoms with Crippen LogP contribution in [0.25, 0.3) is 10.9 Å². The van der Waals surface area contributed by atoms with Crippen LogP contribution >= 0.6 is 0 Å². The van der Waals surface area contributed by atoms with Crippen LogP contribution in [0.3, 0.4) is 0 Å². The minimum Gasteiger partial charge on any atom is -0.396 e. The predicted octanol–water partition coefficient (Wildman–Crippen LogP) is 3.17. The average molecular weight is 416 g/mol. The Labute approximate surface area is 176 Å². The second-order valence-corrected chi connectivity index (χ2v) is 8.74. The second kappa shape index (κ2) is 8.96. The number of pyridine rings is 1. The number of nitrogens with zero attached hydrogens (tertiary/aromatic N) is 2. The van der Waals surface area contributed by atoms with Crippen molar-refractivity contribution < 1.29 is 19.0 Å². The molecule has 0 amide bonds. The third kappa shape index (κ3) is 4.63. The van der Waals surface area contributed by atoms with Gasteiger partial charge in [-0.1, -0.05) is 0 Å². The number of likely N-dealkylation sites (tertiary alicyclic amines) is 1. The Balaban J connectivity index is 1.31. The first-order chi connectivity index (χ1) is 14.5. The number of hydrogen-bond acceptors (Lipinski definition) is 6. The molecule has 2 aliphatic rings. The fourth-order valence-corrected chi connectivity index (χ4v) is 4.68. The van der Waals surface area contributed by atoms with Crippen molar-refractivity contribution >= 4 is 22.4 Å². The van der Waals surface area contributed by atoms with Crippen LogP contribution in [-0.4, -0.2) is 59.2 Å². The van der Waals surface area contributed by atoms with Gasteiger partial charge in [0.05, 0.1) is 16.8 Å². The number of ether oxygens (including phenoxy) is 1. The van der Waals surface area contributed by atoms with Crippen molar-refractivity contribution in [3.63, 3.8) is 0 Å². The lowest BCUT2D eigenvalue weighted by molar-refractivity contribution is -0.0830. The lowest BCUT2D eigenvalue weighted by Gasteiger charge is -2.39. The molecule has 0 aliphatic carbocycles. The lowest BCUT2D eigenvalue weighted by Crippen LogP contribution is -2.49. The standard InChI is InChI=1S/C23H30FN3O3/c24-19-14-18(22-17(21(19)25)2-1-9-26-22)20(28)4-3-16-5-10-27(11-6-16)15-23(29)7-12-30-13-8-23/h1-2,9,14,16,29H,3-8,10-13,15,25H2. The summed E-state index contributed by atoms with van der Waals surface area (Å²) in [6.07, 6.45) is 6.16. The summed E-state index contributed by atoms with van der Waals surface area (Å²) in [4.78, 5) is 19.4. The van der Waals surface area contributed by atoms with E-state index in [9.17, 15) is 14.3 Å². The van der Waals surface area contributed by atoms with E-state index in [0.717, 1.165) is 32.4 Å². The van der Waals surface area contributed by atoms with Gasteiger partial charge in [-0.25, -0.2) is 4.39 Å². The van der Waals surface area contributed by atoms with Crippen LogP contribution < -0.4 is 5.73 Å². The van der Waals surface area contributed by atoms with E-state index in [2.05, 4.69) is 9.88 Å². The molecule has 3 N–H and O–H groups in total. The molecule has 1 aromatic heterocycles. The summed E-state index contributed by atoms with van der Waals surface area (Å²) in [6, 6.07) is 4.61. The van der Waals surface area contributed by atoms with Crippen molar-refractivity contribution in [3.05, 3.63) is 35.8 Å². The molecule has 0 atom stereocenters. The van der Waals surface area contributed by atoms with Crippen molar-refractivity contribution in [1.82, 2.24) is 9.88 Å². The first-order valence-corrected chi connectivity index (χ1v) is 10.8. The first-order valence-electron chi connectivity index (χ1n) is 10.8. The maximum absolute atomic E-state index is 14.2. The minimum absolute atomic E-state index is 0.0354. The fourth-order valence-electron chi connectivity index (χ4n) is 4.68. The number of Topliss-reactive ketones (excluding diaryl/α,β-unsaturated/α-hetero) is 1. The second-order valence-electron chi connectivity index (χ2n) is 8.74. The fraction of sp³-hybridized carbons (Fsp3) is 0.565. The minimum atomic E-state index is -0.631. The zero-order valence-electron chi connectivity index (χ0n) is 17.3. The number of aromatic nitrogens is 1.